The van der Waals surface area contributed by atoms with E-state index in [9.17, 15) is 14.4 Å². The number of rotatable bonds is 4. The molecule has 0 aliphatic carbocycles. The van der Waals surface area contributed by atoms with E-state index in [2.05, 4.69) is 0 Å². The second-order valence-electron chi connectivity index (χ2n) is 6.45. The first-order valence-electron chi connectivity index (χ1n) is 7.82. The molecule has 0 amide bonds. The molecule has 1 atom stereocenters. The second-order valence-corrected chi connectivity index (χ2v) is 6.45. The molecule has 0 bridgehead atoms. The third-order valence-corrected chi connectivity index (χ3v) is 3.99. The Morgan fingerprint density at radius 3 is 2.36 bits per heavy atom. The Morgan fingerprint density at radius 2 is 1.80 bits per heavy atom. The lowest BCUT2D eigenvalue weighted by Gasteiger charge is -2.15. The van der Waals surface area contributed by atoms with Gasteiger partial charge in [0.25, 0.3) is 0 Å². The van der Waals surface area contributed by atoms with Crippen molar-refractivity contribution in [3.05, 3.63) is 34.2 Å². The van der Waals surface area contributed by atoms with Gasteiger partial charge >= 0.3 is 17.6 Å². The van der Waals surface area contributed by atoms with Gasteiger partial charge in [-0.15, -0.1) is 0 Å². The van der Waals surface area contributed by atoms with Crippen LogP contribution in [0.5, 0.6) is 11.5 Å². The Hall–Kier alpha value is -2.67. The minimum Gasteiger partial charge on any atom is -0.426 e. The molecule has 2 heterocycles. The van der Waals surface area contributed by atoms with Crippen molar-refractivity contribution in [1.29, 1.82) is 0 Å². The fourth-order valence-electron chi connectivity index (χ4n) is 2.71. The van der Waals surface area contributed by atoms with Crippen LogP contribution >= 0.6 is 0 Å². The van der Waals surface area contributed by atoms with Gasteiger partial charge in [0.2, 0.25) is 0 Å². The fourth-order valence-corrected chi connectivity index (χ4v) is 2.71. The minimum atomic E-state index is -0.561. The van der Waals surface area contributed by atoms with Gasteiger partial charge in [-0.25, -0.2) is 4.79 Å². The zero-order chi connectivity index (χ0) is 18.4. The van der Waals surface area contributed by atoms with Gasteiger partial charge in [-0.3, -0.25) is 9.59 Å². The Labute approximate surface area is 143 Å². The van der Waals surface area contributed by atoms with E-state index in [1.807, 2.05) is 13.8 Å². The zero-order valence-electron chi connectivity index (χ0n) is 14.4. The fraction of sp³-hybridized carbons (Fsp3) is 0.389. The standard InChI is InChI=1S/C18H18O7/c1-9(19)22-14-8-13-11(5-6-16(21)24-13)17(23-10(2)20)12(14)7-15-18(3,4)25-15/h5-6,8,15H,7H2,1-4H3. The van der Waals surface area contributed by atoms with Crippen LogP contribution in [0.1, 0.15) is 33.3 Å². The molecule has 1 aromatic carbocycles. The van der Waals surface area contributed by atoms with Crippen molar-refractivity contribution < 1.29 is 28.2 Å². The summed E-state index contributed by atoms with van der Waals surface area (Å²) >= 11 is 0. The lowest BCUT2D eigenvalue weighted by Crippen LogP contribution is -2.13. The highest BCUT2D eigenvalue weighted by Gasteiger charge is 2.48. The van der Waals surface area contributed by atoms with Gasteiger partial charge in [0.05, 0.1) is 17.1 Å². The maximum absolute atomic E-state index is 11.6. The number of esters is 2. The molecule has 7 heteroatoms. The van der Waals surface area contributed by atoms with E-state index < -0.39 is 17.6 Å². The van der Waals surface area contributed by atoms with Crippen LogP contribution in [0.25, 0.3) is 11.0 Å². The molecule has 1 unspecified atom stereocenters. The third-order valence-electron chi connectivity index (χ3n) is 3.99. The quantitative estimate of drug-likeness (QED) is 0.363. The molecule has 1 fully saturated rings. The summed E-state index contributed by atoms with van der Waals surface area (Å²) in [5, 5.41) is 0.444. The van der Waals surface area contributed by atoms with Crippen molar-refractivity contribution in [3.63, 3.8) is 0 Å². The molecule has 0 spiro atoms. The molecule has 1 saturated heterocycles. The summed E-state index contributed by atoms with van der Waals surface area (Å²) in [5.41, 5.74) is -0.185. The first-order chi connectivity index (χ1) is 11.7. The topological polar surface area (TPSA) is 95.3 Å². The van der Waals surface area contributed by atoms with Gasteiger partial charge in [-0.2, -0.15) is 0 Å². The highest BCUT2D eigenvalue weighted by molar-refractivity contribution is 5.90. The molecule has 0 radical (unpaired) electrons. The van der Waals surface area contributed by atoms with E-state index in [1.54, 1.807) is 0 Å². The van der Waals surface area contributed by atoms with E-state index in [-0.39, 0.29) is 28.8 Å². The van der Waals surface area contributed by atoms with Crippen LogP contribution in [0.15, 0.2) is 27.4 Å². The normalized spacial score (nSPS) is 18.0. The third kappa shape index (κ3) is 3.56. The first-order valence-corrected chi connectivity index (χ1v) is 7.82. The zero-order valence-corrected chi connectivity index (χ0v) is 14.4. The molecule has 132 valence electrons. The average molecular weight is 346 g/mol. The van der Waals surface area contributed by atoms with Crippen molar-refractivity contribution in [2.75, 3.05) is 0 Å². The van der Waals surface area contributed by atoms with Crippen LogP contribution in [0, 0.1) is 0 Å². The first kappa shape index (κ1) is 17.2. The van der Waals surface area contributed by atoms with Gasteiger partial charge in [0.1, 0.15) is 17.1 Å². The summed E-state index contributed by atoms with van der Waals surface area (Å²) in [5.74, 6) is -0.693. The molecule has 3 rings (SSSR count). The molecule has 7 nitrogen and oxygen atoms in total. The van der Waals surface area contributed by atoms with E-state index in [4.69, 9.17) is 18.6 Å². The van der Waals surface area contributed by atoms with Crippen molar-refractivity contribution in [2.45, 2.75) is 45.8 Å². The number of hydrogen-bond donors (Lipinski definition) is 0. The molecule has 1 aromatic heterocycles. The van der Waals surface area contributed by atoms with Crippen molar-refractivity contribution in [3.8, 4) is 11.5 Å². The number of ether oxygens (including phenoxy) is 3. The minimum absolute atomic E-state index is 0.107. The molecule has 25 heavy (non-hydrogen) atoms. The summed E-state index contributed by atoms with van der Waals surface area (Å²) in [6.07, 6.45) is 0.275. The number of epoxide rings is 1. The van der Waals surface area contributed by atoms with Crippen molar-refractivity contribution >= 4 is 22.9 Å². The average Bonchev–Trinajstić information content (AvgIpc) is 3.08. The Balaban J connectivity index is 2.22. The van der Waals surface area contributed by atoms with Crippen LogP contribution in [-0.4, -0.2) is 23.6 Å². The van der Waals surface area contributed by atoms with E-state index in [1.165, 1.54) is 32.0 Å². The van der Waals surface area contributed by atoms with E-state index >= 15 is 0 Å². The predicted octanol–water partition coefficient (Wildman–Crippen LogP) is 2.36. The predicted molar refractivity (Wildman–Crippen MR) is 87.8 cm³/mol. The molecule has 1 aliphatic heterocycles. The van der Waals surface area contributed by atoms with Gasteiger partial charge in [-0.1, -0.05) is 0 Å². The van der Waals surface area contributed by atoms with E-state index in [0.29, 0.717) is 17.4 Å². The van der Waals surface area contributed by atoms with Crippen LogP contribution in [-0.2, 0) is 20.7 Å². The highest BCUT2D eigenvalue weighted by atomic mass is 16.6. The molecule has 2 aromatic rings. The maximum atomic E-state index is 11.6. The van der Waals surface area contributed by atoms with Crippen LogP contribution in [0.2, 0.25) is 0 Å². The Kier molecular flexibility index (Phi) is 4.12. The van der Waals surface area contributed by atoms with Gasteiger partial charge in [0, 0.05) is 38.0 Å². The largest absolute Gasteiger partial charge is 0.426 e. The Bertz CT molecular complexity index is 923. The number of hydrogen-bond acceptors (Lipinski definition) is 7. The van der Waals surface area contributed by atoms with Crippen LogP contribution in [0.4, 0.5) is 0 Å². The number of carbonyl (C=O) groups excluding carboxylic acids is 2. The summed E-state index contributed by atoms with van der Waals surface area (Å²) in [6, 6.07) is 4.21. The van der Waals surface area contributed by atoms with Gasteiger partial charge in [0.15, 0.2) is 0 Å². The lowest BCUT2D eigenvalue weighted by atomic mass is 9.99. The molecular formula is C18H18O7. The summed E-state index contributed by atoms with van der Waals surface area (Å²) < 4.78 is 21.4. The van der Waals surface area contributed by atoms with Crippen LogP contribution in [0.3, 0.4) is 0 Å². The summed E-state index contributed by atoms with van der Waals surface area (Å²) in [7, 11) is 0. The SMILES string of the molecule is CC(=O)Oc1cc2oc(=O)ccc2c(OC(C)=O)c1CC1OC1(C)C. The second kappa shape index (κ2) is 6.00. The van der Waals surface area contributed by atoms with E-state index in [0.717, 1.165) is 0 Å². The van der Waals surface area contributed by atoms with Crippen molar-refractivity contribution in [2.24, 2.45) is 0 Å². The summed E-state index contributed by atoms with van der Waals surface area (Å²) in [4.78, 5) is 34.6. The number of carbonyl (C=O) groups is 2. The molecular weight excluding hydrogens is 328 g/mol. The lowest BCUT2D eigenvalue weighted by molar-refractivity contribution is -0.132. The molecule has 0 N–H and O–H groups in total. The van der Waals surface area contributed by atoms with Crippen LogP contribution < -0.4 is 15.1 Å². The number of fused-ring (bicyclic) bond motifs is 1. The highest BCUT2D eigenvalue weighted by Crippen LogP contribution is 2.44. The smallest absolute Gasteiger partial charge is 0.336 e. The maximum Gasteiger partial charge on any atom is 0.336 e. The van der Waals surface area contributed by atoms with Gasteiger partial charge < -0.3 is 18.6 Å². The monoisotopic (exact) mass is 346 g/mol. The summed E-state index contributed by atoms with van der Waals surface area (Å²) in [6.45, 7) is 6.41. The van der Waals surface area contributed by atoms with Gasteiger partial charge in [-0.05, 0) is 19.9 Å². The molecule has 0 saturated carbocycles. The number of benzene rings is 1. The molecule has 1 aliphatic rings. The Morgan fingerprint density at radius 1 is 1.16 bits per heavy atom. The van der Waals surface area contributed by atoms with Crippen molar-refractivity contribution in [1.82, 2.24) is 0 Å².